The minimum Gasteiger partial charge on any atom is -0.465 e. The minimum absolute atomic E-state index is 0.0651. The Labute approximate surface area is 124 Å². The molecule has 0 N–H and O–H groups in total. The van der Waals surface area contributed by atoms with Crippen molar-refractivity contribution in [2.45, 2.75) is 43.7 Å². The lowest BCUT2D eigenvalue weighted by atomic mass is 9.75. The molecule has 3 fully saturated rings. The van der Waals surface area contributed by atoms with Gasteiger partial charge in [0.2, 0.25) is 0 Å². The van der Waals surface area contributed by atoms with E-state index < -0.39 is 5.97 Å². The van der Waals surface area contributed by atoms with Gasteiger partial charge >= 0.3 is 5.97 Å². The first-order chi connectivity index (χ1) is 10.2. The number of benzene rings is 1. The third kappa shape index (κ3) is 1.92. The van der Waals surface area contributed by atoms with Crippen molar-refractivity contribution in [3.63, 3.8) is 0 Å². The molecule has 1 aromatic carbocycles. The maximum atomic E-state index is 14.7. The van der Waals surface area contributed by atoms with Crippen LogP contribution in [-0.2, 0) is 4.74 Å². The summed E-state index contributed by atoms with van der Waals surface area (Å²) >= 11 is 0. The number of carbonyl (C=O) groups excluding carboxylic acids is 1. The van der Waals surface area contributed by atoms with Crippen molar-refractivity contribution < 1.29 is 13.9 Å². The van der Waals surface area contributed by atoms with Gasteiger partial charge in [-0.2, -0.15) is 0 Å². The van der Waals surface area contributed by atoms with Gasteiger partial charge in [-0.25, -0.2) is 9.18 Å². The fourth-order valence-electron chi connectivity index (χ4n) is 4.81. The van der Waals surface area contributed by atoms with Gasteiger partial charge < -0.3 is 4.74 Å². The third-order valence-corrected chi connectivity index (χ3v) is 5.65. The van der Waals surface area contributed by atoms with Crippen LogP contribution in [0.25, 0.3) is 0 Å². The molecule has 21 heavy (non-hydrogen) atoms. The second-order valence-electron chi connectivity index (χ2n) is 6.64. The fraction of sp³-hybridized carbons (Fsp3) is 0.588. The number of esters is 1. The molecular weight excluding hydrogens is 269 g/mol. The molecule has 3 nitrogen and oxygen atoms in total. The van der Waals surface area contributed by atoms with E-state index in [1.807, 2.05) is 6.07 Å². The molecule has 0 aromatic heterocycles. The number of ether oxygens (including phenoxy) is 1. The Balaban J connectivity index is 1.69. The van der Waals surface area contributed by atoms with Crippen LogP contribution in [0.15, 0.2) is 18.2 Å². The number of halogens is 1. The predicted molar refractivity (Wildman–Crippen MR) is 76.7 cm³/mol. The van der Waals surface area contributed by atoms with Gasteiger partial charge in [-0.15, -0.1) is 0 Å². The first kappa shape index (κ1) is 13.3. The Morgan fingerprint density at radius 3 is 2.95 bits per heavy atom. The zero-order valence-electron chi connectivity index (χ0n) is 12.2. The van der Waals surface area contributed by atoms with Crippen LogP contribution in [0.3, 0.4) is 0 Å². The maximum absolute atomic E-state index is 14.7. The van der Waals surface area contributed by atoms with E-state index in [0.717, 1.165) is 24.8 Å². The van der Waals surface area contributed by atoms with Gasteiger partial charge in [0.25, 0.3) is 0 Å². The van der Waals surface area contributed by atoms with Gasteiger partial charge in [-0.1, -0.05) is 12.1 Å². The summed E-state index contributed by atoms with van der Waals surface area (Å²) in [6.07, 6.45) is 4.69. The van der Waals surface area contributed by atoms with Crippen LogP contribution in [0.2, 0.25) is 0 Å². The average molecular weight is 289 g/mol. The number of hydrogen-bond donors (Lipinski definition) is 0. The Kier molecular flexibility index (Phi) is 3.03. The second-order valence-corrected chi connectivity index (χ2v) is 6.64. The molecular formula is C17H20FNO2. The number of methoxy groups -OCH3 is 1. The number of rotatable bonds is 2. The highest BCUT2D eigenvalue weighted by Gasteiger charge is 2.50. The Morgan fingerprint density at radius 2 is 2.19 bits per heavy atom. The Bertz CT molecular complexity index is 588. The zero-order chi connectivity index (χ0) is 14.6. The number of carbonyl (C=O) groups is 1. The summed E-state index contributed by atoms with van der Waals surface area (Å²) in [6, 6.07) is 6.32. The molecule has 4 heteroatoms. The Hall–Kier alpha value is -1.42. The molecule has 0 saturated carbocycles. The second kappa shape index (κ2) is 4.80. The van der Waals surface area contributed by atoms with Gasteiger partial charge in [-0.05, 0) is 43.2 Å². The highest BCUT2D eigenvalue weighted by molar-refractivity contribution is 5.89. The SMILES string of the molecule is COC(=O)c1cccc([C@@H]2CC[C@@H]3CC4CC2N3C4)c1F. The molecule has 1 aromatic rings. The van der Waals surface area contributed by atoms with Crippen molar-refractivity contribution in [3.05, 3.63) is 35.1 Å². The molecule has 2 unspecified atom stereocenters. The van der Waals surface area contributed by atoms with Gasteiger partial charge in [0.05, 0.1) is 12.7 Å². The molecule has 0 amide bonds. The van der Waals surface area contributed by atoms with Gasteiger partial charge in [-0.3, -0.25) is 4.90 Å². The third-order valence-electron chi connectivity index (χ3n) is 5.65. The molecule has 3 saturated heterocycles. The monoisotopic (exact) mass is 289 g/mol. The van der Waals surface area contributed by atoms with Crippen molar-refractivity contribution in [2.75, 3.05) is 13.7 Å². The summed E-state index contributed by atoms with van der Waals surface area (Å²) in [7, 11) is 1.29. The van der Waals surface area contributed by atoms with E-state index in [2.05, 4.69) is 9.64 Å². The highest BCUT2D eigenvalue weighted by atomic mass is 19.1. The van der Waals surface area contributed by atoms with E-state index >= 15 is 0 Å². The fourth-order valence-corrected chi connectivity index (χ4v) is 4.81. The van der Waals surface area contributed by atoms with E-state index in [1.165, 1.54) is 32.6 Å². The molecule has 0 radical (unpaired) electrons. The van der Waals surface area contributed by atoms with E-state index in [9.17, 15) is 9.18 Å². The molecule has 4 rings (SSSR count). The van der Waals surface area contributed by atoms with Crippen LogP contribution in [0.5, 0.6) is 0 Å². The zero-order valence-corrected chi connectivity index (χ0v) is 12.2. The van der Waals surface area contributed by atoms with Gasteiger partial charge in [0.15, 0.2) is 0 Å². The lowest BCUT2D eigenvalue weighted by Crippen LogP contribution is -2.46. The Morgan fingerprint density at radius 1 is 1.33 bits per heavy atom. The molecule has 2 bridgehead atoms. The predicted octanol–water partition coefficient (Wildman–Crippen LogP) is 2.95. The van der Waals surface area contributed by atoms with Gasteiger partial charge in [0, 0.05) is 24.5 Å². The summed E-state index contributed by atoms with van der Waals surface area (Å²) in [5.41, 5.74) is 0.768. The molecule has 4 atom stereocenters. The smallest absolute Gasteiger partial charge is 0.340 e. The van der Waals surface area contributed by atoms with Crippen molar-refractivity contribution >= 4 is 5.97 Å². The summed E-state index contributed by atoms with van der Waals surface area (Å²) in [6.45, 7) is 1.18. The molecule has 112 valence electrons. The molecule has 3 aliphatic rings. The first-order valence-corrected chi connectivity index (χ1v) is 7.81. The van der Waals surface area contributed by atoms with Crippen LogP contribution < -0.4 is 0 Å². The molecule has 3 heterocycles. The lowest BCUT2D eigenvalue weighted by molar-refractivity contribution is 0.0594. The van der Waals surface area contributed by atoms with E-state index in [0.29, 0.717) is 11.6 Å². The normalized spacial score (nSPS) is 34.2. The van der Waals surface area contributed by atoms with E-state index in [1.54, 1.807) is 6.07 Å². The van der Waals surface area contributed by atoms with Crippen LogP contribution in [0, 0.1) is 11.7 Å². The first-order valence-electron chi connectivity index (χ1n) is 7.81. The summed E-state index contributed by atoms with van der Waals surface area (Å²) in [5, 5.41) is 0. The number of piperidine rings is 2. The van der Waals surface area contributed by atoms with Crippen molar-refractivity contribution in [2.24, 2.45) is 5.92 Å². The number of fused-ring (bicyclic) bond motifs is 1. The van der Waals surface area contributed by atoms with Crippen molar-refractivity contribution in [1.82, 2.24) is 4.90 Å². The van der Waals surface area contributed by atoms with Crippen LogP contribution in [-0.4, -0.2) is 36.6 Å². The van der Waals surface area contributed by atoms with E-state index in [-0.39, 0.29) is 17.3 Å². The maximum Gasteiger partial charge on any atom is 0.340 e. The molecule has 3 aliphatic heterocycles. The van der Waals surface area contributed by atoms with Crippen molar-refractivity contribution in [3.8, 4) is 0 Å². The topological polar surface area (TPSA) is 29.5 Å². The van der Waals surface area contributed by atoms with Crippen LogP contribution in [0.4, 0.5) is 4.39 Å². The summed E-state index contributed by atoms with van der Waals surface area (Å²) < 4.78 is 19.4. The van der Waals surface area contributed by atoms with Crippen LogP contribution >= 0.6 is 0 Å². The molecule has 0 spiro atoms. The summed E-state index contributed by atoms with van der Waals surface area (Å²) in [5.74, 6) is 0.0545. The average Bonchev–Trinajstić information content (AvgIpc) is 3.08. The largest absolute Gasteiger partial charge is 0.465 e. The van der Waals surface area contributed by atoms with Gasteiger partial charge in [0.1, 0.15) is 5.82 Å². The summed E-state index contributed by atoms with van der Waals surface area (Å²) in [4.78, 5) is 14.3. The molecule has 0 aliphatic carbocycles. The number of nitrogens with zero attached hydrogens (tertiary/aromatic N) is 1. The highest BCUT2D eigenvalue weighted by Crippen LogP contribution is 2.50. The van der Waals surface area contributed by atoms with Crippen molar-refractivity contribution in [1.29, 1.82) is 0 Å². The standard InChI is InChI=1S/C17H20FNO2/c1-21-17(20)14-4-2-3-13(16(14)18)12-6-5-11-7-10-8-15(12)19(11)9-10/h2-4,10-12,15H,5-9H2,1H3/t10?,11-,12+,15?/m1/s1. The minimum atomic E-state index is -0.587. The number of hydrogen-bond acceptors (Lipinski definition) is 3. The lowest BCUT2D eigenvalue weighted by Gasteiger charge is -2.43. The van der Waals surface area contributed by atoms with Crippen LogP contribution in [0.1, 0.15) is 47.5 Å². The quantitative estimate of drug-likeness (QED) is 0.784. The van der Waals surface area contributed by atoms with E-state index in [4.69, 9.17) is 0 Å².